The molecule has 1 heterocycles. The van der Waals surface area contributed by atoms with Gasteiger partial charge in [-0.3, -0.25) is 9.69 Å². The number of carbonyl (C=O) groups excluding carboxylic acids is 1. The predicted molar refractivity (Wildman–Crippen MR) is 120 cm³/mol. The molecule has 0 aromatic heterocycles. The van der Waals surface area contributed by atoms with Gasteiger partial charge in [0.15, 0.2) is 5.78 Å². The number of nitrogens with zero attached hydrogens (tertiary/aromatic N) is 1. The van der Waals surface area contributed by atoms with Gasteiger partial charge in [0.2, 0.25) is 0 Å². The first kappa shape index (κ1) is 20.3. The van der Waals surface area contributed by atoms with Crippen molar-refractivity contribution in [2.75, 3.05) is 20.1 Å². The molecule has 2 nitrogen and oxygen atoms in total. The van der Waals surface area contributed by atoms with E-state index in [9.17, 15) is 4.79 Å². The highest BCUT2D eigenvalue weighted by Gasteiger charge is 2.23. The standard InChI is InChI=1S/C26H31NO/c1-18(2)22-10-6-20(7-11-22)14-24-16-27(5)17-25(26(24)28)15-21-8-12-23(13-9-21)19(3)4/h6-15,18-19H,16-17H2,1-5H3/b24-14+,25-15+. The number of hydrogen-bond acceptors (Lipinski definition) is 2. The third-order valence-electron chi connectivity index (χ3n) is 5.35. The SMILES string of the molecule is CC(C)c1ccc(/C=C2\CN(C)C/C(=C\c3ccc(C(C)C)cc3)C2=O)cc1. The van der Waals surface area contributed by atoms with Crippen molar-refractivity contribution < 1.29 is 4.79 Å². The fourth-order valence-corrected chi connectivity index (χ4v) is 3.57. The highest BCUT2D eigenvalue weighted by atomic mass is 16.1. The summed E-state index contributed by atoms with van der Waals surface area (Å²) < 4.78 is 0. The monoisotopic (exact) mass is 373 g/mol. The molecule has 1 aliphatic heterocycles. The summed E-state index contributed by atoms with van der Waals surface area (Å²) in [5.41, 5.74) is 6.53. The van der Waals surface area contributed by atoms with E-state index >= 15 is 0 Å². The molecule has 2 aromatic carbocycles. The van der Waals surface area contributed by atoms with Crippen molar-refractivity contribution in [2.24, 2.45) is 0 Å². The Labute approximate surface area is 169 Å². The largest absolute Gasteiger partial charge is 0.298 e. The minimum atomic E-state index is 0.166. The average molecular weight is 374 g/mol. The van der Waals surface area contributed by atoms with Gasteiger partial charge in [0.25, 0.3) is 0 Å². The highest BCUT2D eigenvalue weighted by molar-refractivity contribution is 6.14. The molecule has 146 valence electrons. The van der Waals surface area contributed by atoms with E-state index in [1.807, 2.05) is 12.2 Å². The second-order valence-corrected chi connectivity index (χ2v) is 8.48. The van der Waals surface area contributed by atoms with Crippen molar-refractivity contribution in [3.8, 4) is 0 Å². The summed E-state index contributed by atoms with van der Waals surface area (Å²) in [5, 5.41) is 0. The number of benzene rings is 2. The Morgan fingerprint density at radius 2 is 1.07 bits per heavy atom. The molecule has 1 fully saturated rings. The molecule has 2 aromatic rings. The molecule has 1 aliphatic rings. The van der Waals surface area contributed by atoms with Crippen LogP contribution in [0.3, 0.4) is 0 Å². The summed E-state index contributed by atoms with van der Waals surface area (Å²) in [4.78, 5) is 15.3. The summed E-state index contributed by atoms with van der Waals surface area (Å²) in [6.07, 6.45) is 4.08. The van der Waals surface area contributed by atoms with Gasteiger partial charge in [-0.1, -0.05) is 76.2 Å². The number of ketones is 1. The summed E-state index contributed by atoms with van der Waals surface area (Å²) in [7, 11) is 2.07. The van der Waals surface area contributed by atoms with Crippen LogP contribution < -0.4 is 0 Å². The minimum absolute atomic E-state index is 0.166. The quantitative estimate of drug-likeness (QED) is 0.621. The lowest BCUT2D eigenvalue weighted by molar-refractivity contribution is -0.113. The van der Waals surface area contributed by atoms with Gasteiger partial charge in [0.1, 0.15) is 0 Å². The molecule has 28 heavy (non-hydrogen) atoms. The number of Topliss-reactive ketones (excluding diaryl/α,β-unsaturated/α-hetero) is 1. The van der Waals surface area contributed by atoms with Gasteiger partial charge in [-0.15, -0.1) is 0 Å². The Morgan fingerprint density at radius 1 is 0.714 bits per heavy atom. The zero-order chi connectivity index (χ0) is 20.3. The van der Waals surface area contributed by atoms with E-state index in [4.69, 9.17) is 0 Å². The first-order valence-electron chi connectivity index (χ1n) is 10.2. The van der Waals surface area contributed by atoms with Crippen LogP contribution in [0.15, 0.2) is 59.7 Å². The summed E-state index contributed by atoms with van der Waals surface area (Å²) in [6.45, 7) is 10.1. The van der Waals surface area contributed by atoms with E-state index in [0.29, 0.717) is 24.9 Å². The Kier molecular flexibility index (Phi) is 6.31. The van der Waals surface area contributed by atoms with Crippen LogP contribution in [0.5, 0.6) is 0 Å². The lowest BCUT2D eigenvalue weighted by Crippen LogP contribution is -2.34. The molecule has 0 amide bonds. The molecule has 0 aliphatic carbocycles. The molecule has 0 bridgehead atoms. The third kappa shape index (κ3) is 4.88. The molecular weight excluding hydrogens is 342 g/mol. The van der Waals surface area contributed by atoms with Crippen molar-refractivity contribution in [3.05, 3.63) is 81.9 Å². The lowest BCUT2D eigenvalue weighted by Gasteiger charge is -2.26. The second-order valence-electron chi connectivity index (χ2n) is 8.48. The zero-order valence-corrected chi connectivity index (χ0v) is 17.7. The van der Waals surface area contributed by atoms with E-state index in [1.54, 1.807) is 0 Å². The van der Waals surface area contributed by atoms with Gasteiger partial charge in [-0.05, 0) is 53.3 Å². The van der Waals surface area contributed by atoms with Gasteiger partial charge >= 0.3 is 0 Å². The predicted octanol–water partition coefficient (Wildman–Crippen LogP) is 5.91. The number of carbonyl (C=O) groups is 1. The first-order valence-corrected chi connectivity index (χ1v) is 10.2. The summed E-state index contributed by atoms with van der Waals surface area (Å²) in [6, 6.07) is 17.1. The molecule has 2 heteroatoms. The normalized spacial score (nSPS) is 18.6. The Hall–Kier alpha value is -2.45. The van der Waals surface area contributed by atoms with Crippen molar-refractivity contribution in [1.29, 1.82) is 0 Å². The maximum atomic E-state index is 13.1. The summed E-state index contributed by atoms with van der Waals surface area (Å²) >= 11 is 0. The maximum Gasteiger partial charge on any atom is 0.187 e. The van der Waals surface area contributed by atoms with Crippen LogP contribution in [-0.4, -0.2) is 30.8 Å². The molecule has 1 saturated heterocycles. The van der Waals surface area contributed by atoms with Crippen molar-refractivity contribution in [1.82, 2.24) is 4.90 Å². The lowest BCUT2D eigenvalue weighted by atomic mass is 9.93. The second kappa shape index (κ2) is 8.70. The molecule has 0 atom stereocenters. The number of likely N-dealkylation sites (N-methyl/N-ethyl adjacent to an activating group) is 1. The summed E-state index contributed by atoms with van der Waals surface area (Å²) in [5.74, 6) is 1.19. The molecule has 3 rings (SSSR count). The number of piperidine rings is 1. The van der Waals surface area contributed by atoms with Crippen LogP contribution >= 0.6 is 0 Å². The molecular formula is C26H31NO. The first-order chi connectivity index (χ1) is 13.3. The average Bonchev–Trinajstić information content (AvgIpc) is 2.66. The van der Waals surface area contributed by atoms with E-state index in [2.05, 4.69) is 88.2 Å². The Bertz CT molecular complexity index is 810. The number of rotatable bonds is 4. The zero-order valence-electron chi connectivity index (χ0n) is 17.7. The third-order valence-corrected chi connectivity index (χ3v) is 5.35. The van der Waals surface area contributed by atoms with Crippen molar-refractivity contribution in [3.63, 3.8) is 0 Å². The molecule has 0 saturated carbocycles. The van der Waals surface area contributed by atoms with Gasteiger partial charge < -0.3 is 0 Å². The minimum Gasteiger partial charge on any atom is -0.298 e. The van der Waals surface area contributed by atoms with Crippen LogP contribution in [0.25, 0.3) is 12.2 Å². The van der Waals surface area contributed by atoms with Gasteiger partial charge in [-0.25, -0.2) is 0 Å². The van der Waals surface area contributed by atoms with Crippen LogP contribution in [0.1, 0.15) is 61.8 Å². The Balaban J connectivity index is 1.85. The van der Waals surface area contributed by atoms with Gasteiger partial charge in [-0.2, -0.15) is 0 Å². The Morgan fingerprint density at radius 3 is 1.39 bits per heavy atom. The number of likely N-dealkylation sites (tertiary alicyclic amines) is 1. The maximum absolute atomic E-state index is 13.1. The van der Waals surface area contributed by atoms with E-state index in [1.165, 1.54) is 11.1 Å². The smallest absolute Gasteiger partial charge is 0.187 e. The van der Waals surface area contributed by atoms with E-state index in [-0.39, 0.29) is 5.78 Å². The molecule has 0 spiro atoms. The van der Waals surface area contributed by atoms with Crippen LogP contribution in [0, 0.1) is 0 Å². The van der Waals surface area contributed by atoms with E-state index < -0.39 is 0 Å². The van der Waals surface area contributed by atoms with E-state index in [0.717, 1.165) is 22.3 Å². The van der Waals surface area contributed by atoms with Gasteiger partial charge in [0, 0.05) is 24.2 Å². The van der Waals surface area contributed by atoms with Crippen LogP contribution in [0.2, 0.25) is 0 Å². The molecule has 0 radical (unpaired) electrons. The van der Waals surface area contributed by atoms with Crippen LogP contribution in [0.4, 0.5) is 0 Å². The fourth-order valence-electron chi connectivity index (χ4n) is 3.57. The fraction of sp³-hybridized carbons (Fsp3) is 0.346. The molecule has 0 unspecified atom stereocenters. The van der Waals surface area contributed by atoms with Crippen LogP contribution in [-0.2, 0) is 4.79 Å². The van der Waals surface area contributed by atoms with Gasteiger partial charge in [0.05, 0.1) is 0 Å². The van der Waals surface area contributed by atoms with Crippen molar-refractivity contribution >= 4 is 17.9 Å². The topological polar surface area (TPSA) is 20.3 Å². The highest BCUT2D eigenvalue weighted by Crippen LogP contribution is 2.23. The number of hydrogen-bond donors (Lipinski definition) is 0. The van der Waals surface area contributed by atoms with Crippen molar-refractivity contribution in [2.45, 2.75) is 39.5 Å². The molecule has 0 N–H and O–H groups in total.